The third-order valence-electron chi connectivity index (χ3n) is 3.32. The van der Waals surface area contributed by atoms with Gasteiger partial charge in [0.2, 0.25) is 0 Å². The minimum Gasteiger partial charge on any atom is -0.445 e. The number of nitrogens with two attached hydrogens (primary N) is 1. The third-order valence-corrected chi connectivity index (χ3v) is 3.32. The molecule has 0 radical (unpaired) electrons. The second-order valence-electron chi connectivity index (χ2n) is 4.86. The summed E-state index contributed by atoms with van der Waals surface area (Å²) in [5.74, 6) is 0. The average Bonchev–Trinajstić information content (AvgIpc) is 2.60. The van der Waals surface area contributed by atoms with Crippen LogP contribution in [0.4, 0.5) is 4.79 Å². The van der Waals surface area contributed by atoms with Gasteiger partial charge in [0.05, 0.1) is 6.10 Å². The van der Waals surface area contributed by atoms with Gasteiger partial charge in [-0.15, -0.1) is 0 Å². The van der Waals surface area contributed by atoms with Crippen molar-refractivity contribution in [2.45, 2.75) is 31.6 Å². The van der Waals surface area contributed by atoms with E-state index in [4.69, 9.17) is 10.5 Å². The standard InChI is InChI=1S/C14H20N2O3/c15-12-9-16(8-4-7-13(12)17)14(18)19-10-11-5-2-1-3-6-11/h1-3,5-6,12-13,17H,4,7-10,15H2/t12-,13-/m1/s1. The predicted molar refractivity (Wildman–Crippen MR) is 71.4 cm³/mol. The van der Waals surface area contributed by atoms with Crippen LogP contribution in [0.5, 0.6) is 0 Å². The zero-order chi connectivity index (χ0) is 13.7. The van der Waals surface area contributed by atoms with E-state index in [0.29, 0.717) is 19.5 Å². The van der Waals surface area contributed by atoms with Crippen LogP contribution in [-0.4, -0.2) is 41.3 Å². The molecule has 1 amide bonds. The minimum absolute atomic E-state index is 0.258. The fourth-order valence-corrected chi connectivity index (χ4v) is 2.15. The molecule has 19 heavy (non-hydrogen) atoms. The first-order valence-corrected chi connectivity index (χ1v) is 6.56. The van der Waals surface area contributed by atoms with Crippen molar-refractivity contribution in [3.8, 4) is 0 Å². The Bertz CT molecular complexity index is 410. The average molecular weight is 264 g/mol. The van der Waals surface area contributed by atoms with E-state index in [1.807, 2.05) is 30.3 Å². The maximum Gasteiger partial charge on any atom is 0.410 e. The largest absolute Gasteiger partial charge is 0.445 e. The number of hydrogen-bond acceptors (Lipinski definition) is 4. The SMILES string of the molecule is N[C@@H]1CN(C(=O)OCc2ccccc2)CCC[C@H]1O. The summed E-state index contributed by atoms with van der Waals surface area (Å²) in [6.45, 7) is 1.18. The Balaban J connectivity index is 1.85. The van der Waals surface area contributed by atoms with Crippen molar-refractivity contribution < 1.29 is 14.6 Å². The van der Waals surface area contributed by atoms with Gasteiger partial charge >= 0.3 is 6.09 Å². The van der Waals surface area contributed by atoms with Gasteiger partial charge in [0, 0.05) is 19.1 Å². The maximum atomic E-state index is 11.9. The van der Waals surface area contributed by atoms with Crippen molar-refractivity contribution >= 4 is 6.09 Å². The molecule has 2 atom stereocenters. The number of nitrogens with zero attached hydrogens (tertiary/aromatic N) is 1. The van der Waals surface area contributed by atoms with Crippen molar-refractivity contribution in [3.63, 3.8) is 0 Å². The highest BCUT2D eigenvalue weighted by atomic mass is 16.6. The van der Waals surface area contributed by atoms with Gasteiger partial charge in [0.25, 0.3) is 0 Å². The molecule has 1 aromatic carbocycles. The number of amides is 1. The number of aliphatic hydroxyl groups is 1. The van der Waals surface area contributed by atoms with E-state index in [-0.39, 0.29) is 12.7 Å². The van der Waals surface area contributed by atoms with Gasteiger partial charge in [-0.3, -0.25) is 0 Å². The summed E-state index contributed by atoms with van der Waals surface area (Å²) in [6.07, 6.45) is 0.471. The first-order valence-electron chi connectivity index (χ1n) is 6.56. The lowest BCUT2D eigenvalue weighted by Gasteiger charge is -2.23. The molecule has 3 N–H and O–H groups in total. The summed E-state index contributed by atoms with van der Waals surface area (Å²) >= 11 is 0. The number of carbonyl (C=O) groups is 1. The molecule has 0 aromatic heterocycles. The number of aliphatic hydroxyl groups excluding tert-OH is 1. The van der Waals surface area contributed by atoms with Gasteiger partial charge in [-0.1, -0.05) is 30.3 Å². The molecule has 2 rings (SSSR count). The van der Waals surface area contributed by atoms with Crippen molar-refractivity contribution in [2.24, 2.45) is 5.73 Å². The molecule has 1 saturated heterocycles. The van der Waals surface area contributed by atoms with Gasteiger partial charge in [-0.05, 0) is 18.4 Å². The molecule has 0 bridgehead atoms. The summed E-state index contributed by atoms with van der Waals surface area (Å²) in [7, 11) is 0. The fourth-order valence-electron chi connectivity index (χ4n) is 2.15. The van der Waals surface area contributed by atoms with Crippen LogP contribution in [0.15, 0.2) is 30.3 Å². The smallest absolute Gasteiger partial charge is 0.410 e. The van der Waals surface area contributed by atoms with Crippen LogP contribution in [0.3, 0.4) is 0 Å². The first kappa shape index (κ1) is 13.8. The Morgan fingerprint density at radius 3 is 2.89 bits per heavy atom. The molecule has 1 aliphatic rings. The molecule has 1 heterocycles. The number of benzene rings is 1. The summed E-state index contributed by atoms with van der Waals surface area (Å²) in [5, 5.41) is 9.66. The molecule has 0 saturated carbocycles. The highest BCUT2D eigenvalue weighted by Gasteiger charge is 2.26. The lowest BCUT2D eigenvalue weighted by Crippen LogP contribution is -2.44. The highest BCUT2D eigenvalue weighted by Crippen LogP contribution is 2.12. The van der Waals surface area contributed by atoms with Gasteiger partial charge < -0.3 is 20.5 Å². The van der Waals surface area contributed by atoms with Crippen LogP contribution >= 0.6 is 0 Å². The van der Waals surface area contributed by atoms with Crippen molar-refractivity contribution in [1.29, 1.82) is 0 Å². The van der Waals surface area contributed by atoms with Gasteiger partial charge in [-0.2, -0.15) is 0 Å². The summed E-state index contributed by atoms with van der Waals surface area (Å²) in [5.41, 5.74) is 6.77. The number of likely N-dealkylation sites (tertiary alicyclic amines) is 1. The summed E-state index contributed by atoms with van der Waals surface area (Å²) in [4.78, 5) is 13.5. The molecule has 0 unspecified atom stereocenters. The Hall–Kier alpha value is -1.59. The normalized spacial score (nSPS) is 23.8. The molecule has 5 heteroatoms. The van der Waals surface area contributed by atoms with Crippen LogP contribution in [0.2, 0.25) is 0 Å². The topological polar surface area (TPSA) is 75.8 Å². The Morgan fingerprint density at radius 2 is 2.16 bits per heavy atom. The zero-order valence-corrected chi connectivity index (χ0v) is 10.9. The lowest BCUT2D eigenvalue weighted by atomic mass is 10.1. The highest BCUT2D eigenvalue weighted by molar-refractivity contribution is 5.67. The van der Waals surface area contributed by atoms with E-state index in [2.05, 4.69) is 0 Å². The Labute approximate surface area is 113 Å². The van der Waals surface area contributed by atoms with Crippen LogP contribution < -0.4 is 5.73 Å². The molecule has 104 valence electrons. The van der Waals surface area contributed by atoms with Crippen LogP contribution in [0.1, 0.15) is 18.4 Å². The number of hydrogen-bond donors (Lipinski definition) is 2. The number of ether oxygens (including phenoxy) is 1. The third kappa shape index (κ3) is 3.94. The van der Waals surface area contributed by atoms with Crippen molar-refractivity contribution in [1.82, 2.24) is 4.90 Å². The minimum atomic E-state index is -0.535. The second-order valence-corrected chi connectivity index (χ2v) is 4.86. The van der Waals surface area contributed by atoms with E-state index < -0.39 is 12.1 Å². The fraction of sp³-hybridized carbons (Fsp3) is 0.500. The van der Waals surface area contributed by atoms with Gasteiger partial charge in [0.1, 0.15) is 6.61 Å². The molecule has 1 aliphatic heterocycles. The molecule has 0 spiro atoms. The van der Waals surface area contributed by atoms with Crippen molar-refractivity contribution in [3.05, 3.63) is 35.9 Å². The molecular formula is C14H20N2O3. The predicted octanol–water partition coefficient (Wildman–Crippen LogP) is 1.11. The quantitative estimate of drug-likeness (QED) is 0.839. The lowest BCUT2D eigenvalue weighted by molar-refractivity contribution is 0.0905. The number of rotatable bonds is 2. The molecule has 0 aliphatic carbocycles. The summed E-state index contributed by atoms with van der Waals surface area (Å²) in [6, 6.07) is 9.14. The van der Waals surface area contributed by atoms with E-state index in [1.165, 1.54) is 0 Å². The van der Waals surface area contributed by atoms with Crippen molar-refractivity contribution in [2.75, 3.05) is 13.1 Å². The monoisotopic (exact) mass is 264 g/mol. The Morgan fingerprint density at radius 1 is 1.42 bits per heavy atom. The van der Waals surface area contributed by atoms with Gasteiger partial charge in [0.15, 0.2) is 0 Å². The first-order chi connectivity index (χ1) is 9.16. The second kappa shape index (κ2) is 6.54. The van der Waals surface area contributed by atoms with E-state index in [0.717, 1.165) is 12.0 Å². The zero-order valence-electron chi connectivity index (χ0n) is 10.9. The molecule has 1 fully saturated rings. The Kier molecular flexibility index (Phi) is 4.76. The molecule has 1 aromatic rings. The van der Waals surface area contributed by atoms with E-state index >= 15 is 0 Å². The number of carbonyl (C=O) groups excluding carboxylic acids is 1. The van der Waals surface area contributed by atoms with Crippen LogP contribution in [-0.2, 0) is 11.3 Å². The van der Waals surface area contributed by atoms with E-state index in [1.54, 1.807) is 4.90 Å². The molecule has 5 nitrogen and oxygen atoms in total. The van der Waals surface area contributed by atoms with E-state index in [9.17, 15) is 9.90 Å². The summed E-state index contributed by atoms with van der Waals surface area (Å²) < 4.78 is 5.26. The van der Waals surface area contributed by atoms with Crippen LogP contribution in [0, 0.1) is 0 Å². The van der Waals surface area contributed by atoms with Crippen LogP contribution in [0.25, 0.3) is 0 Å². The molecular weight excluding hydrogens is 244 g/mol. The van der Waals surface area contributed by atoms with Gasteiger partial charge in [-0.25, -0.2) is 4.79 Å². The maximum absolute atomic E-state index is 11.9.